The third-order valence-corrected chi connectivity index (χ3v) is 20.6. The maximum absolute atomic E-state index is 13.7. The van der Waals surface area contributed by atoms with Crippen LogP contribution in [0.4, 0.5) is 69.7 Å². The number of hydrogen-bond donors (Lipinski definition) is 0. The van der Waals surface area contributed by atoms with Gasteiger partial charge in [-0.2, -0.15) is 70.1 Å². The van der Waals surface area contributed by atoms with Crippen molar-refractivity contribution in [2.24, 2.45) is 0 Å². The number of allylic oxidation sites excluding steroid dienone is 2. The van der Waals surface area contributed by atoms with Crippen molar-refractivity contribution in [3.63, 3.8) is 0 Å². The number of alkyl halides is 9. The molecule has 0 spiro atoms. The monoisotopic (exact) mass is 1690 g/mol. The fourth-order valence-electron chi connectivity index (χ4n) is 12.3. The molecule has 3 aromatic carbocycles. The summed E-state index contributed by atoms with van der Waals surface area (Å²) in [5.41, 5.74) is 1.30. The van der Waals surface area contributed by atoms with Crippen LogP contribution in [0.3, 0.4) is 0 Å². The standard InChI is InChI=1S/C21H20ClF4N5O.C21H18ClF4N5O.C18H13ClF4IN5O.C9H17BO2.C2H6/c2*1-3-5-15-17(11-27-31(15)14-7-4-6-13(23)10-14)29-9-8-16(20(29)32)30-12(2)18(22)19(28-30)21(24,25)26;1-9-14(19)15(18(21,22)23)26-28(9)12-5-6-27(17(12)30)13-8-25-29(16(13)24)11-4-2-3-10(20)7-11;1-7(2)10-11-8(3,4)9(5,6)12-10;1-2/h4,6-7,10-11,16H,3,5,8-9H2,1-2H3;3-7,10-11,16H,8-9H2,1-2H3;2-4,7-8,12H,5-6H2,1H3;1H2,2-6H3;1-2H3/b;5-3+;;;. The Morgan fingerprint density at radius 2 is 0.907 bits per heavy atom. The second-order valence-electron chi connectivity index (χ2n) is 26.0. The normalized spacial score (nSPS) is 17.8. The van der Waals surface area contributed by atoms with Crippen molar-refractivity contribution >= 4 is 105 Å². The van der Waals surface area contributed by atoms with Crippen molar-refractivity contribution in [2.45, 2.75) is 163 Å². The van der Waals surface area contributed by atoms with E-state index in [4.69, 9.17) is 44.1 Å². The van der Waals surface area contributed by atoms with Gasteiger partial charge in [0.05, 0.1) is 107 Å². The molecule has 578 valence electrons. The predicted molar refractivity (Wildman–Crippen MR) is 393 cm³/mol. The largest absolute Gasteiger partial charge is 0.489 e. The van der Waals surface area contributed by atoms with Gasteiger partial charge in [0.2, 0.25) is 0 Å². The van der Waals surface area contributed by atoms with E-state index in [1.165, 1.54) is 99.8 Å². The van der Waals surface area contributed by atoms with Crippen molar-refractivity contribution in [3.8, 4) is 17.1 Å². The molecule has 0 saturated carbocycles. The number of hydrogen-bond acceptors (Lipinski definition) is 11. The second-order valence-corrected chi connectivity index (χ2v) is 28.2. The van der Waals surface area contributed by atoms with Crippen LogP contribution in [-0.2, 0) is 48.6 Å². The molecule has 37 heteroatoms. The summed E-state index contributed by atoms with van der Waals surface area (Å²) in [6, 6.07) is 14.9. The number of nitrogens with zero attached hydrogens (tertiary/aromatic N) is 15. The van der Waals surface area contributed by atoms with Gasteiger partial charge in [-0.3, -0.25) is 28.4 Å². The first-order valence-corrected chi connectivity index (χ1v) is 36.0. The lowest BCUT2D eigenvalue weighted by Crippen LogP contribution is -2.41. The SMILES string of the molecule is C/C=C/c1c(N2CCC(n3nc(C(F)(F)F)c(Cl)c3C)C2=O)cnn1-c1cccc(F)c1.C=C(C)B1OC(C)(C)C(C)(C)O1.CC.CCCc1c(N2CCC(n3nc(C(F)(F)F)c(Cl)c3C)C2=O)cnn1-c1cccc(F)c1.Cc1c(Cl)c(C(F)(F)F)nn1C1CCN(c2cnn(-c3cccc(F)c3)c2I)C1=O. The highest BCUT2D eigenvalue weighted by Crippen LogP contribution is 2.44. The van der Waals surface area contributed by atoms with Crippen molar-refractivity contribution in [1.82, 2.24) is 58.7 Å². The highest BCUT2D eigenvalue weighted by molar-refractivity contribution is 14.1. The van der Waals surface area contributed by atoms with Crippen molar-refractivity contribution in [3.05, 3.63) is 191 Å². The Labute approximate surface area is 642 Å². The van der Waals surface area contributed by atoms with Crippen LogP contribution in [0.5, 0.6) is 0 Å². The van der Waals surface area contributed by atoms with Gasteiger partial charge < -0.3 is 24.0 Å². The molecule has 6 aromatic heterocycles. The third-order valence-electron chi connectivity index (χ3n) is 18.3. The van der Waals surface area contributed by atoms with Crippen LogP contribution >= 0.6 is 57.4 Å². The summed E-state index contributed by atoms with van der Waals surface area (Å²) in [4.78, 5) is 43.8. The third kappa shape index (κ3) is 17.1. The fraction of sp³-hybridized carbons (Fsp3) is 0.394. The number of carbonyl (C=O) groups excluding carboxylic acids is 3. The van der Waals surface area contributed by atoms with E-state index in [-0.39, 0.29) is 74.3 Å². The molecule has 9 aromatic rings. The van der Waals surface area contributed by atoms with Gasteiger partial charge in [0.15, 0.2) is 17.1 Å². The summed E-state index contributed by atoms with van der Waals surface area (Å²) in [7, 11) is -0.241. The number of anilines is 3. The highest BCUT2D eigenvalue weighted by atomic mass is 127. The highest BCUT2D eigenvalue weighted by Gasteiger charge is 2.52. The number of amides is 3. The molecule has 108 heavy (non-hydrogen) atoms. The lowest BCUT2D eigenvalue weighted by molar-refractivity contribution is -0.142. The molecule has 0 N–H and O–H groups in total. The predicted octanol–water partition coefficient (Wildman–Crippen LogP) is 18.3. The zero-order valence-electron chi connectivity index (χ0n) is 60.3. The van der Waals surface area contributed by atoms with E-state index in [0.717, 1.165) is 31.6 Å². The van der Waals surface area contributed by atoms with E-state index in [1.54, 1.807) is 60.2 Å². The smallest absolute Gasteiger partial charge is 0.400 e. The maximum Gasteiger partial charge on any atom is 0.489 e. The van der Waals surface area contributed by atoms with Crippen LogP contribution in [0, 0.1) is 41.9 Å². The number of aromatic nitrogens is 12. The molecule has 4 saturated heterocycles. The van der Waals surface area contributed by atoms with Crippen LogP contribution < -0.4 is 14.7 Å². The Balaban J connectivity index is 0.000000172. The molecular weight excluding hydrogens is 1610 g/mol. The van der Waals surface area contributed by atoms with Gasteiger partial charge >= 0.3 is 25.6 Å². The van der Waals surface area contributed by atoms with E-state index in [1.807, 2.05) is 78.0 Å². The minimum atomic E-state index is -4.72. The zero-order chi connectivity index (χ0) is 79.8. The molecule has 4 aliphatic heterocycles. The van der Waals surface area contributed by atoms with Gasteiger partial charge in [0.25, 0.3) is 17.7 Å². The van der Waals surface area contributed by atoms with Crippen molar-refractivity contribution in [1.29, 1.82) is 0 Å². The summed E-state index contributed by atoms with van der Waals surface area (Å²) in [5.74, 6) is -2.50. The van der Waals surface area contributed by atoms with Crippen LogP contribution in [0.25, 0.3) is 23.1 Å². The topological polar surface area (TPSA) is 186 Å². The maximum atomic E-state index is 13.7. The van der Waals surface area contributed by atoms with Crippen LogP contribution in [0.15, 0.2) is 110 Å². The first-order chi connectivity index (χ1) is 50.6. The number of halogens is 16. The minimum Gasteiger partial charge on any atom is -0.400 e. The van der Waals surface area contributed by atoms with Crippen molar-refractivity contribution < 1.29 is 76.4 Å². The molecule has 0 radical (unpaired) electrons. The zero-order valence-corrected chi connectivity index (χ0v) is 64.7. The summed E-state index contributed by atoms with van der Waals surface area (Å²) in [6.45, 7) is 26.6. The van der Waals surface area contributed by atoms with Crippen LogP contribution in [-0.4, -0.2) is 114 Å². The molecule has 3 atom stereocenters. The molecule has 4 fully saturated rings. The van der Waals surface area contributed by atoms with Gasteiger partial charge in [-0.1, -0.05) is 91.7 Å². The summed E-state index contributed by atoms with van der Waals surface area (Å²) >= 11 is 19.5. The van der Waals surface area contributed by atoms with E-state index in [2.05, 4.69) is 37.2 Å². The molecular formula is C71H74BCl3F12IN15O5. The Kier molecular flexibility index (Phi) is 25.6. The summed E-state index contributed by atoms with van der Waals surface area (Å²) < 4.78 is 179. The number of benzene rings is 3. The molecule has 4 aliphatic rings. The first-order valence-electron chi connectivity index (χ1n) is 33.8. The Morgan fingerprint density at radius 3 is 1.25 bits per heavy atom. The van der Waals surface area contributed by atoms with E-state index in [9.17, 15) is 67.1 Å². The molecule has 0 aliphatic carbocycles. The van der Waals surface area contributed by atoms with E-state index < -0.39 is 104 Å². The summed E-state index contributed by atoms with van der Waals surface area (Å²) in [6.07, 6.45) is -4.09. The Bertz CT molecular complexity index is 4830. The van der Waals surface area contributed by atoms with E-state index >= 15 is 0 Å². The number of rotatable bonds is 13. The molecule has 3 unspecified atom stereocenters. The molecule has 0 bridgehead atoms. The van der Waals surface area contributed by atoms with Crippen LogP contribution in [0.2, 0.25) is 15.1 Å². The van der Waals surface area contributed by atoms with Crippen molar-refractivity contribution in [2.75, 3.05) is 34.3 Å². The fourth-order valence-corrected chi connectivity index (χ4v) is 13.8. The molecule has 13 rings (SSSR count). The van der Waals surface area contributed by atoms with Gasteiger partial charge in [0.1, 0.15) is 39.3 Å². The number of carbonyl (C=O) groups is 3. The minimum absolute atomic E-state index is 0.0725. The lowest BCUT2D eigenvalue weighted by Gasteiger charge is -2.32. The summed E-state index contributed by atoms with van der Waals surface area (Å²) in [5, 5.41) is 22.1. The average molecular weight is 1690 g/mol. The molecule has 3 amide bonds. The molecule has 10 heterocycles. The quantitative estimate of drug-likeness (QED) is 0.0607. The van der Waals surface area contributed by atoms with Gasteiger partial charge in [-0.15, -0.1) is 6.58 Å². The van der Waals surface area contributed by atoms with Crippen LogP contribution in [0.1, 0.15) is 152 Å². The molecule has 20 nitrogen and oxygen atoms in total. The first kappa shape index (κ1) is 83.6. The van der Waals surface area contributed by atoms with Gasteiger partial charge in [-0.05, 0) is 171 Å². The Hall–Kier alpha value is -8.45. The van der Waals surface area contributed by atoms with Gasteiger partial charge in [-0.25, -0.2) is 27.2 Å². The second kappa shape index (κ2) is 33.0. The van der Waals surface area contributed by atoms with Gasteiger partial charge in [0, 0.05) is 19.6 Å². The Morgan fingerprint density at radius 1 is 0.574 bits per heavy atom. The average Bonchev–Trinajstić information content (AvgIpc) is 1.62. The lowest BCUT2D eigenvalue weighted by atomic mass is 9.81. The van der Waals surface area contributed by atoms with E-state index in [0.29, 0.717) is 49.9 Å².